The van der Waals surface area contributed by atoms with E-state index in [0.717, 1.165) is 18.6 Å². The summed E-state index contributed by atoms with van der Waals surface area (Å²) in [5, 5.41) is 0. The molecule has 0 aliphatic heterocycles. The summed E-state index contributed by atoms with van der Waals surface area (Å²) in [4.78, 5) is 0. The molecule has 0 heterocycles. The molecular weight excluding hydrogens is 198 g/mol. The van der Waals surface area contributed by atoms with Gasteiger partial charge < -0.3 is 10.5 Å². The monoisotopic (exact) mass is 221 g/mol. The average Bonchev–Trinajstić information content (AvgIpc) is 2.24. The fourth-order valence-electron chi connectivity index (χ4n) is 1.84. The minimum atomic E-state index is 0.241. The third kappa shape index (κ3) is 3.24. The van der Waals surface area contributed by atoms with Gasteiger partial charge in [0.05, 0.1) is 6.10 Å². The standard InChI is InChI=1S/C14H23NO/c1-5-13(6-7-15)16-14-9-10(2)8-11(3)12(14)4/h8-9,13H,5-7,15H2,1-4H3. The van der Waals surface area contributed by atoms with Crippen LogP contribution >= 0.6 is 0 Å². The highest BCUT2D eigenvalue weighted by Gasteiger charge is 2.10. The zero-order valence-corrected chi connectivity index (χ0v) is 10.8. The van der Waals surface area contributed by atoms with Crippen molar-refractivity contribution in [3.8, 4) is 5.75 Å². The SMILES string of the molecule is CCC(CCN)Oc1cc(C)cc(C)c1C. The van der Waals surface area contributed by atoms with Crippen molar-refractivity contribution < 1.29 is 4.74 Å². The lowest BCUT2D eigenvalue weighted by Crippen LogP contribution is -2.20. The Morgan fingerprint density at radius 1 is 1.25 bits per heavy atom. The van der Waals surface area contributed by atoms with E-state index >= 15 is 0 Å². The van der Waals surface area contributed by atoms with Crippen LogP contribution in [0.4, 0.5) is 0 Å². The molecule has 2 N–H and O–H groups in total. The van der Waals surface area contributed by atoms with Crippen LogP contribution in [0.5, 0.6) is 5.75 Å². The van der Waals surface area contributed by atoms with Gasteiger partial charge in [-0.05, 0) is 62.9 Å². The molecule has 1 atom stereocenters. The Balaban J connectivity index is 2.87. The van der Waals surface area contributed by atoms with Gasteiger partial charge in [0.15, 0.2) is 0 Å². The summed E-state index contributed by atoms with van der Waals surface area (Å²) < 4.78 is 6.02. The third-order valence-corrected chi connectivity index (χ3v) is 3.00. The Kier molecular flexibility index (Phi) is 4.81. The minimum Gasteiger partial charge on any atom is -0.490 e. The van der Waals surface area contributed by atoms with Gasteiger partial charge in [-0.3, -0.25) is 0 Å². The summed E-state index contributed by atoms with van der Waals surface area (Å²) in [6.45, 7) is 9.15. The minimum absolute atomic E-state index is 0.241. The average molecular weight is 221 g/mol. The van der Waals surface area contributed by atoms with E-state index < -0.39 is 0 Å². The lowest BCUT2D eigenvalue weighted by Gasteiger charge is -2.19. The van der Waals surface area contributed by atoms with Crippen LogP contribution in [0.2, 0.25) is 0 Å². The largest absolute Gasteiger partial charge is 0.490 e. The molecule has 0 aliphatic carbocycles. The molecule has 16 heavy (non-hydrogen) atoms. The number of hydrogen-bond acceptors (Lipinski definition) is 2. The van der Waals surface area contributed by atoms with Crippen LogP contribution in [-0.2, 0) is 0 Å². The lowest BCUT2D eigenvalue weighted by atomic mass is 10.1. The van der Waals surface area contributed by atoms with Crippen molar-refractivity contribution >= 4 is 0 Å². The second kappa shape index (κ2) is 5.90. The van der Waals surface area contributed by atoms with E-state index in [1.165, 1.54) is 16.7 Å². The van der Waals surface area contributed by atoms with Crippen LogP contribution < -0.4 is 10.5 Å². The van der Waals surface area contributed by atoms with Gasteiger partial charge in [-0.2, -0.15) is 0 Å². The molecule has 0 aliphatic rings. The quantitative estimate of drug-likeness (QED) is 0.829. The normalized spacial score (nSPS) is 12.6. The van der Waals surface area contributed by atoms with Crippen molar-refractivity contribution in [1.82, 2.24) is 0 Å². The summed E-state index contributed by atoms with van der Waals surface area (Å²) in [5.74, 6) is 1.01. The predicted molar refractivity (Wildman–Crippen MR) is 69.0 cm³/mol. The van der Waals surface area contributed by atoms with Crippen LogP contribution in [-0.4, -0.2) is 12.6 Å². The first-order valence-electron chi connectivity index (χ1n) is 6.03. The first-order valence-corrected chi connectivity index (χ1v) is 6.03. The van der Waals surface area contributed by atoms with Crippen LogP contribution in [0.25, 0.3) is 0 Å². The highest BCUT2D eigenvalue weighted by molar-refractivity contribution is 5.42. The van der Waals surface area contributed by atoms with Gasteiger partial charge in [0.2, 0.25) is 0 Å². The van der Waals surface area contributed by atoms with E-state index in [4.69, 9.17) is 10.5 Å². The molecule has 0 saturated carbocycles. The Bertz CT molecular complexity index is 347. The number of ether oxygens (including phenoxy) is 1. The maximum absolute atomic E-state index is 6.02. The molecule has 1 aromatic rings. The van der Waals surface area contributed by atoms with Gasteiger partial charge in [0.1, 0.15) is 5.75 Å². The van der Waals surface area contributed by atoms with E-state index in [2.05, 4.69) is 39.8 Å². The zero-order valence-electron chi connectivity index (χ0n) is 10.8. The second-order valence-corrected chi connectivity index (χ2v) is 4.43. The maximum atomic E-state index is 6.02. The molecule has 0 fully saturated rings. The molecule has 1 rings (SSSR count). The van der Waals surface area contributed by atoms with Crippen LogP contribution in [0.15, 0.2) is 12.1 Å². The van der Waals surface area contributed by atoms with E-state index in [9.17, 15) is 0 Å². The third-order valence-electron chi connectivity index (χ3n) is 3.00. The molecule has 0 aromatic heterocycles. The maximum Gasteiger partial charge on any atom is 0.123 e. The first kappa shape index (κ1) is 13.0. The number of benzene rings is 1. The van der Waals surface area contributed by atoms with Crippen molar-refractivity contribution in [3.05, 3.63) is 28.8 Å². The highest BCUT2D eigenvalue weighted by Crippen LogP contribution is 2.25. The van der Waals surface area contributed by atoms with Gasteiger partial charge in [0, 0.05) is 0 Å². The van der Waals surface area contributed by atoms with E-state index in [-0.39, 0.29) is 6.10 Å². The van der Waals surface area contributed by atoms with E-state index in [1.54, 1.807) is 0 Å². The van der Waals surface area contributed by atoms with Crippen LogP contribution in [0, 0.1) is 20.8 Å². The van der Waals surface area contributed by atoms with Crippen molar-refractivity contribution in [2.45, 2.75) is 46.6 Å². The molecule has 2 nitrogen and oxygen atoms in total. The molecule has 1 unspecified atom stereocenters. The Morgan fingerprint density at radius 3 is 2.50 bits per heavy atom. The lowest BCUT2D eigenvalue weighted by molar-refractivity contribution is 0.188. The first-order chi connectivity index (χ1) is 7.58. The number of hydrogen-bond donors (Lipinski definition) is 1. The van der Waals surface area contributed by atoms with E-state index in [1.807, 2.05) is 0 Å². The Hall–Kier alpha value is -1.02. The summed E-state index contributed by atoms with van der Waals surface area (Å²) in [6.07, 6.45) is 2.16. The number of aryl methyl sites for hydroxylation is 2. The van der Waals surface area contributed by atoms with Gasteiger partial charge in [-0.25, -0.2) is 0 Å². The van der Waals surface area contributed by atoms with Crippen molar-refractivity contribution in [1.29, 1.82) is 0 Å². The van der Waals surface area contributed by atoms with Gasteiger partial charge in [-0.1, -0.05) is 13.0 Å². The highest BCUT2D eigenvalue weighted by atomic mass is 16.5. The van der Waals surface area contributed by atoms with Crippen LogP contribution in [0.1, 0.15) is 36.5 Å². The molecule has 0 spiro atoms. The second-order valence-electron chi connectivity index (χ2n) is 4.43. The molecule has 0 radical (unpaired) electrons. The summed E-state index contributed by atoms with van der Waals surface area (Å²) in [5.41, 5.74) is 9.35. The van der Waals surface area contributed by atoms with Gasteiger partial charge in [0.25, 0.3) is 0 Å². The molecule has 0 saturated heterocycles. The molecule has 0 bridgehead atoms. The van der Waals surface area contributed by atoms with Gasteiger partial charge in [-0.15, -0.1) is 0 Å². The molecule has 90 valence electrons. The Labute approximate surface area is 98.8 Å². The summed E-state index contributed by atoms with van der Waals surface area (Å²) >= 11 is 0. The van der Waals surface area contributed by atoms with Crippen molar-refractivity contribution in [2.75, 3.05) is 6.54 Å². The zero-order chi connectivity index (χ0) is 12.1. The molecule has 1 aromatic carbocycles. The predicted octanol–water partition coefficient (Wildman–Crippen LogP) is 3.12. The Morgan fingerprint density at radius 2 is 1.94 bits per heavy atom. The van der Waals surface area contributed by atoms with Gasteiger partial charge >= 0.3 is 0 Å². The fourth-order valence-corrected chi connectivity index (χ4v) is 1.84. The number of rotatable bonds is 5. The molecule has 0 amide bonds. The molecule has 2 heteroatoms. The van der Waals surface area contributed by atoms with Crippen molar-refractivity contribution in [3.63, 3.8) is 0 Å². The number of nitrogens with two attached hydrogens (primary N) is 1. The fraction of sp³-hybridized carbons (Fsp3) is 0.571. The van der Waals surface area contributed by atoms with E-state index in [0.29, 0.717) is 6.54 Å². The van der Waals surface area contributed by atoms with Crippen molar-refractivity contribution in [2.24, 2.45) is 5.73 Å². The summed E-state index contributed by atoms with van der Waals surface area (Å²) in [6, 6.07) is 4.30. The smallest absolute Gasteiger partial charge is 0.123 e. The molecular formula is C14H23NO. The van der Waals surface area contributed by atoms with Crippen LogP contribution in [0.3, 0.4) is 0 Å². The topological polar surface area (TPSA) is 35.2 Å². The summed E-state index contributed by atoms with van der Waals surface area (Å²) in [7, 11) is 0.